The molecule has 0 saturated carbocycles. The fraction of sp³-hybridized carbons (Fsp3) is 0.280. The number of anilines is 1. The van der Waals surface area contributed by atoms with Crippen LogP contribution in [0.1, 0.15) is 37.8 Å². The van der Waals surface area contributed by atoms with Crippen molar-refractivity contribution in [1.29, 1.82) is 0 Å². The Labute approximate surface area is 197 Å². The second-order valence-corrected chi connectivity index (χ2v) is 7.69. The lowest BCUT2D eigenvalue weighted by molar-refractivity contribution is -0.130. The third-order valence-electron chi connectivity index (χ3n) is 5.11. The Morgan fingerprint density at radius 2 is 1.85 bits per heavy atom. The zero-order valence-electron chi connectivity index (χ0n) is 19.3. The van der Waals surface area contributed by atoms with E-state index in [0.717, 1.165) is 11.3 Å². The van der Waals surface area contributed by atoms with Crippen LogP contribution in [-0.4, -0.2) is 42.3 Å². The van der Waals surface area contributed by atoms with E-state index < -0.39 is 17.8 Å². The number of carbonyl (C=O) groups excluding carboxylic acids is 4. The van der Waals surface area contributed by atoms with Crippen LogP contribution in [0.4, 0.5) is 10.5 Å². The maximum Gasteiger partial charge on any atom is 0.331 e. The molecule has 2 aromatic rings. The Morgan fingerprint density at radius 1 is 1.12 bits per heavy atom. The first kappa shape index (κ1) is 24.5. The van der Waals surface area contributed by atoms with Gasteiger partial charge in [-0.2, -0.15) is 0 Å². The summed E-state index contributed by atoms with van der Waals surface area (Å²) in [6, 6.07) is 11.4. The number of amides is 5. The number of unbranched alkanes of at least 4 members (excludes halogenated alkanes) is 1. The van der Waals surface area contributed by atoms with Crippen LogP contribution in [0.15, 0.2) is 48.0 Å². The number of hydrogen-bond donors (Lipinski definition) is 2. The molecule has 34 heavy (non-hydrogen) atoms. The average molecular weight is 466 g/mol. The SMILES string of the molecule is CCCCN1C(=O)NC(=O)C(=Cc2ccc(OC)c(COc3ccc(NC(C)=O)cc3)c2)C1=O. The van der Waals surface area contributed by atoms with E-state index >= 15 is 0 Å². The highest BCUT2D eigenvalue weighted by atomic mass is 16.5. The summed E-state index contributed by atoms with van der Waals surface area (Å²) in [5.41, 5.74) is 1.84. The molecule has 0 unspecified atom stereocenters. The lowest BCUT2D eigenvalue weighted by Gasteiger charge is -2.26. The number of imide groups is 2. The van der Waals surface area contributed by atoms with Gasteiger partial charge in [0.2, 0.25) is 5.91 Å². The van der Waals surface area contributed by atoms with Gasteiger partial charge in [-0.15, -0.1) is 0 Å². The molecule has 9 nitrogen and oxygen atoms in total. The number of carbonyl (C=O) groups is 4. The summed E-state index contributed by atoms with van der Waals surface area (Å²) in [7, 11) is 1.54. The second-order valence-electron chi connectivity index (χ2n) is 7.69. The molecule has 1 heterocycles. The smallest absolute Gasteiger partial charge is 0.331 e. The van der Waals surface area contributed by atoms with Crippen molar-refractivity contribution >= 4 is 35.5 Å². The van der Waals surface area contributed by atoms with Crippen LogP contribution in [0.3, 0.4) is 0 Å². The van der Waals surface area contributed by atoms with Crippen molar-refractivity contribution in [2.24, 2.45) is 0 Å². The van der Waals surface area contributed by atoms with E-state index in [1.807, 2.05) is 6.92 Å². The monoisotopic (exact) mass is 465 g/mol. The Balaban J connectivity index is 1.79. The number of methoxy groups -OCH3 is 1. The highest BCUT2D eigenvalue weighted by Crippen LogP contribution is 2.25. The first-order valence-electron chi connectivity index (χ1n) is 10.9. The van der Waals surface area contributed by atoms with Crippen LogP contribution in [0.25, 0.3) is 6.08 Å². The van der Waals surface area contributed by atoms with Crippen LogP contribution < -0.4 is 20.1 Å². The van der Waals surface area contributed by atoms with Crippen LogP contribution in [-0.2, 0) is 21.0 Å². The molecular formula is C25H27N3O6. The van der Waals surface area contributed by atoms with Gasteiger partial charge in [0.15, 0.2) is 0 Å². The van der Waals surface area contributed by atoms with Crippen molar-refractivity contribution in [2.75, 3.05) is 19.0 Å². The molecule has 0 radical (unpaired) electrons. The number of hydrogen-bond acceptors (Lipinski definition) is 6. The fourth-order valence-corrected chi connectivity index (χ4v) is 3.38. The number of rotatable bonds is 9. The van der Waals surface area contributed by atoms with Crippen LogP contribution in [0, 0.1) is 0 Å². The van der Waals surface area contributed by atoms with Gasteiger partial charge in [-0.3, -0.25) is 24.6 Å². The summed E-state index contributed by atoms with van der Waals surface area (Å²) >= 11 is 0. The summed E-state index contributed by atoms with van der Waals surface area (Å²) in [5.74, 6) is -0.332. The molecule has 0 spiro atoms. The molecule has 5 amide bonds. The number of nitrogens with zero attached hydrogens (tertiary/aromatic N) is 1. The molecule has 0 aliphatic carbocycles. The number of benzene rings is 2. The molecule has 9 heteroatoms. The molecule has 1 saturated heterocycles. The van der Waals surface area contributed by atoms with E-state index in [4.69, 9.17) is 9.47 Å². The Hall–Kier alpha value is -4.14. The minimum atomic E-state index is -0.726. The van der Waals surface area contributed by atoms with Crippen molar-refractivity contribution < 1.29 is 28.7 Å². The van der Waals surface area contributed by atoms with E-state index in [2.05, 4.69) is 10.6 Å². The van der Waals surface area contributed by atoms with Gasteiger partial charge >= 0.3 is 6.03 Å². The number of nitrogens with one attached hydrogen (secondary N) is 2. The zero-order chi connectivity index (χ0) is 24.7. The Bertz CT molecular complexity index is 1120. The summed E-state index contributed by atoms with van der Waals surface area (Å²) in [4.78, 5) is 49.3. The van der Waals surface area contributed by atoms with Crippen molar-refractivity contribution in [3.8, 4) is 11.5 Å². The van der Waals surface area contributed by atoms with Gasteiger partial charge in [0, 0.05) is 24.7 Å². The van der Waals surface area contributed by atoms with Crippen LogP contribution >= 0.6 is 0 Å². The van der Waals surface area contributed by atoms with E-state index in [9.17, 15) is 19.2 Å². The Kier molecular flexibility index (Phi) is 8.02. The summed E-state index contributed by atoms with van der Waals surface area (Å²) < 4.78 is 11.3. The predicted molar refractivity (Wildman–Crippen MR) is 126 cm³/mol. The molecular weight excluding hydrogens is 438 g/mol. The number of ether oxygens (including phenoxy) is 2. The lowest BCUT2D eigenvalue weighted by Crippen LogP contribution is -2.54. The minimum Gasteiger partial charge on any atom is -0.496 e. The number of urea groups is 1. The average Bonchev–Trinajstić information content (AvgIpc) is 2.81. The van der Waals surface area contributed by atoms with Gasteiger partial charge in [0.1, 0.15) is 23.7 Å². The van der Waals surface area contributed by atoms with E-state index in [1.54, 1.807) is 42.5 Å². The van der Waals surface area contributed by atoms with Gasteiger partial charge in [-0.05, 0) is 54.5 Å². The summed E-state index contributed by atoms with van der Waals surface area (Å²) in [6.45, 7) is 3.80. The standard InChI is InChI=1S/C25H27N3O6/c1-4-5-12-28-24(31)21(23(30)27-25(28)32)14-17-6-11-22(33-3)18(13-17)15-34-20-9-7-19(8-10-20)26-16(2)29/h6-11,13-14H,4-5,12,15H2,1-3H3,(H,26,29)(H,27,30,32). The predicted octanol–water partition coefficient (Wildman–Crippen LogP) is 3.49. The van der Waals surface area contributed by atoms with Gasteiger partial charge in [0.05, 0.1) is 7.11 Å². The highest BCUT2D eigenvalue weighted by Gasteiger charge is 2.35. The van der Waals surface area contributed by atoms with Crippen LogP contribution in [0.2, 0.25) is 0 Å². The van der Waals surface area contributed by atoms with E-state index in [-0.39, 0.29) is 24.6 Å². The molecule has 3 rings (SSSR count). The van der Waals surface area contributed by atoms with Crippen molar-refractivity contribution in [3.05, 3.63) is 59.2 Å². The molecule has 178 valence electrons. The summed E-state index contributed by atoms with van der Waals surface area (Å²) in [5, 5.41) is 4.91. The molecule has 1 fully saturated rings. The van der Waals surface area contributed by atoms with Gasteiger partial charge < -0.3 is 14.8 Å². The van der Waals surface area contributed by atoms with Gasteiger partial charge in [-0.25, -0.2) is 4.79 Å². The third-order valence-corrected chi connectivity index (χ3v) is 5.11. The van der Waals surface area contributed by atoms with Gasteiger partial charge in [0.25, 0.3) is 11.8 Å². The second kappa shape index (κ2) is 11.1. The Morgan fingerprint density at radius 3 is 2.50 bits per heavy atom. The molecule has 1 aliphatic rings. The number of barbiturate groups is 1. The normalized spacial score (nSPS) is 14.7. The van der Waals surface area contributed by atoms with Crippen molar-refractivity contribution in [3.63, 3.8) is 0 Å². The lowest BCUT2D eigenvalue weighted by atomic mass is 10.0. The first-order chi connectivity index (χ1) is 16.3. The maximum atomic E-state index is 12.8. The van der Waals surface area contributed by atoms with Crippen LogP contribution in [0.5, 0.6) is 11.5 Å². The molecule has 0 aromatic heterocycles. The van der Waals surface area contributed by atoms with Crippen molar-refractivity contribution in [2.45, 2.75) is 33.3 Å². The minimum absolute atomic E-state index is 0.110. The molecule has 2 aromatic carbocycles. The van der Waals surface area contributed by atoms with Crippen molar-refractivity contribution in [1.82, 2.24) is 10.2 Å². The first-order valence-corrected chi connectivity index (χ1v) is 10.9. The third kappa shape index (κ3) is 6.00. The molecule has 0 atom stereocenters. The quantitative estimate of drug-likeness (QED) is 0.433. The van der Waals surface area contributed by atoms with E-state index in [0.29, 0.717) is 34.7 Å². The highest BCUT2D eigenvalue weighted by molar-refractivity contribution is 6.31. The topological polar surface area (TPSA) is 114 Å². The fourth-order valence-electron chi connectivity index (χ4n) is 3.38. The zero-order valence-corrected chi connectivity index (χ0v) is 19.3. The largest absolute Gasteiger partial charge is 0.496 e. The molecule has 1 aliphatic heterocycles. The maximum absolute atomic E-state index is 12.8. The molecule has 2 N–H and O–H groups in total. The summed E-state index contributed by atoms with van der Waals surface area (Å²) in [6.07, 6.45) is 2.91. The van der Waals surface area contributed by atoms with Gasteiger partial charge in [-0.1, -0.05) is 19.4 Å². The van der Waals surface area contributed by atoms with E-state index in [1.165, 1.54) is 20.1 Å². The molecule has 0 bridgehead atoms.